The highest BCUT2D eigenvalue weighted by atomic mass is 32.2. The number of sulfone groups is 1. The zero-order valence-corrected chi connectivity index (χ0v) is 14.5. The van der Waals surface area contributed by atoms with Gasteiger partial charge in [0, 0.05) is 19.3 Å². The van der Waals surface area contributed by atoms with Crippen LogP contribution in [0.2, 0.25) is 0 Å². The van der Waals surface area contributed by atoms with Gasteiger partial charge in [-0.2, -0.15) is 0 Å². The minimum Gasteiger partial charge on any atom is -0.331 e. The van der Waals surface area contributed by atoms with Gasteiger partial charge in [-0.05, 0) is 36.3 Å². The third-order valence-corrected chi connectivity index (χ3v) is 6.72. The molecule has 0 unspecified atom stereocenters. The van der Waals surface area contributed by atoms with Gasteiger partial charge in [0.25, 0.3) is 0 Å². The van der Waals surface area contributed by atoms with Crippen LogP contribution in [-0.2, 0) is 9.84 Å². The van der Waals surface area contributed by atoms with Gasteiger partial charge in [-0.25, -0.2) is 13.2 Å². The lowest BCUT2D eigenvalue weighted by Gasteiger charge is -2.31. The molecule has 0 radical (unpaired) electrons. The highest BCUT2D eigenvalue weighted by molar-refractivity contribution is 7.91. The highest BCUT2D eigenvalue weighted by Gasteiger charge is 2.34. The number of amides is 2. The van der Waals surface area contributed by atoms with Crippen LogP contribution in [0.5, 0.6) is 0 Å². The van der Waals surface area contributed by atoms with E-state index in [-0.39, 0.29) is 12.1 Å². The Morgan fingerprint density at radius 3 is 2.52 bits per heavy atom. The summed E-state index contributed by atoms with van der Waals surface area (Å²) in [4.78, 5) is 14.1. The van der Waals surface area contributed by atoms with Crippen LogP contribution in [0, 0.1) is 0 Å². The molecule has 1 aromatic rings. The minimum absolute atomic E-state index is 0.0205. The summed E-state index contributed by atoms with van der Waals surface area (Å²) < 4.78 is 23.3. The molecule has 1 fully saturated rings. The number of hydrogen-bond acceptors (Lipinski definition) is 3. The van der Waals surface area contributed by atoms with Gasteiger partial charge in [0.05, 0.1) is 11.3 Å². The molecule has 1 saturated heterocycles. The van der Waals surface area contributed by atoms with Gasteiger partial charge in [0.1, 0.15) is 0 Å². The van der Waals surface area contributed by atoms with E-state index in [0.29, 0.717) is 25.4 Å². The van der Waals surface area contributed by atoms with E-state index >= 15 is 0 Å². The average Bonchev–Trinajstić information content (AvgIpc) is 3.00. The summed E-state index contributed by atoms with van der Waals surface area (Å²) in [6, 6.07) is 8.13. The van der Waals surface area contributed by atoms with Gasteiger partial charge in [-0.3, -0.25) is 0 Å². The maximum atomic E-state index is 12.5. The molecule has 1 aromatic carbocycles. The van der Waals surface area contributed by atoms with Gasteiger partial charge in [0.2, 0.25) is 0 Å². The molecular weight excluding hydrogens is 312 g/mol. The molecule has 3 rings (SSSR count). The Hall–Kier alpha value is -1.56. The lowest BCUT2D eigenvalue weighted by molar-refractivity contribution is 0.203. The quantitative estimate of drug-likeness (QED) is 0.902. The molecule has 1 aliphatic heterocycles. The van der Waals surface area contributed by atoms with Crippen LogP contribution in [0.4, 0.5) is 4.79 Å². The van der Waals surface area contributed by atoms with Crippen LogP contribution < -0.4 is 5.32 Å². The van der Waals surface area contributed by atoms with Gasteiger partial charge in [0.15, 0.2) is 9.84 Å². The van der Waals surface area contributed by atoms with E-state index in [9.17, 15) is 13.2 Å². The highest BCUT2D eigenvalue weighted by Crippen LogP contribution is 2.37. The lowest BCUT2D eigenvalue weighted by atomic mass is 9.81. The molecule has 23 heavy (non-hydrogen) atoms. The fraction of sp³-hybridized carbons (Fsp3) is 0.588. The first-order chi connectivity index (χ1) is 10.9. The molecule has 0 saturated carbocycles. The number of fused-ring (bicyclic) bond motifs is 1. The molecule has 5 nitrogen and oxygen atoms in total. The second kappa shape index (κ2) is 6.15. The predicted molar refractivity (Wildman–Crippen MR) is 90.2 cm³/mol. The molecule has 0 bridgehead atoms. The summed E-state index contributed by atoms with van der Waals surface area (Å²) in [5.41, 5.74) is 2.50. The van der Waals surface area contributed by atoms with E-state index in [1.807, 2.05) is 12.1 Å². The average molecular weight is 336 g/mol. The predicted octanol–water partition coefficient (Wildman–Crippen LogP) is 2.45. The van der Waals surface area contributed by atoms with Crippen molar-refractivity contribution in [3.63, 3.8) is 0 Å². The molecule has 3 atom stereocenters. The van der Waals surface area contributed by atoms with Crippen LogP contribution in [-0.4, -0.2) is 43.9 Å². The van der Waals surface area contributed by atoms with Gasteiger partial charge >= 0.3 is 6.03 Å². The topological polar surface area (TPSA) is 66.5 Å². The molecule has 2 amide bonds. The Bertz CT molecular complexity index is 702. The van der Waals surface area contributed by atoms with Crippen LogP contribution in [0.1, 0.15) is 49.3 Å². The number of nitrogens with zero attached hydrogens (tertiary/aromatic N) is 1. The number of benzene rings is 1. The summed E-state index contributed by atoms with van der Waals surface area (Å²) in [7, 11) is -3.08. The molecule has 1 heterocycles. The van der Waals surface area contributed by atoms with Gasteiger partial charge < -0.3 is 10.2 Å². The van der Waals surface area contributed by atoms with Crippen LogP contribution in [0.15, 0.2) is 24.3 Å². The van der Waals surface area contributed by atoms with Crippen molar-refractivity contribution in [2.45, 2.75) is 43.4 Å². The van der Waals surface area contributed by atoms with Crippen molar-refractivity contribution in [1.29, 1.82) is 0 Å². The molecule has 6 heteroatoms. The van der Waals surface area contributed by atoms with E-state index in [2.05, 4.69) is 24.4 Å². The number of likely N-dealkylation sites (tertiary alicyclic amines) is 1. The number of urea groups is 1. The fourth-order valence-electron chi connectivity index (χ4n) is 3.66. The standard InChI is InChI=1S/C17H24N2O3S/c1-12-7-8-16(15-6-4-3-5-14(12)15)18-17(20)19-10-9-13(11-19)23(2,21)22/h3-6,12-13,16H,7-11H2,1-2H3,(H,18,20)/t12-,13+,16+/m1/s1. The van der Waals surface area contributed by atoms with E-state index in [0.717, 1.165) is 12.8 Å². The third-order valence-electron chi connectivity index (χ3n) is 5.13. The normalized spacial score (nSPS) is 27.6. The summed E-state index contributed by atoms with van der Waals surface area (Å²) in [6.45, 7) is 3.03. The SMILES string of the molecule is C[C@@H]1CC[C@H](NC(=O)N2CC[C@H](S(C)(=O)=O)C2)c2ccccc21. The molecule has 0 spiro atoms. The molecular formula is C17H24N2O3S. The van der Waals surface area contributed by atoms with Crippen molar-refractivity contribution in [3.8, 4) is 0 Å². The largest absolute Gasteiger partial charge is 0.331 e. The number of rotatable bonds is 2. The van der Waals surface area contributed by atoms with Crippen molar-refractivity contribution in [3.05, 3.63) is 35.4 Å². The summed E-state index contributed by atoms with van der Waals surface area (Å²) in [6.07, 6.45) is 3.75. The van der Waals surface area contributed by atoms with Crippen LogP contribution in [0.25, 0.3) is 0 Å². The zero-order chi connectivity index (χ0) is 16.6. The Morgan fingerprint density at radius 2 is 1.87 bits per heavy atom. The molecule has 126 valence electrons. The Labute approximate surface area is 138 Å². The Kier molecular flexibility index (Phi) is 4.36. The number of nitrogens with one attached hydrogen (secondary N) is 1. The van der Waals surface area contributed by atoms with Gasteiger partial charge in [-0.1, -0.05) is 31.2 Å². The number of carbonyl (C=O) groups is 1. The van der Waals surface area contributed by atoms with Crippen molar-refractivity contribution >= 4 is 15.9 Å². The maximum absolute atomic E-state index is 12.5. The molecule has 1 N–H and O–H groups in total. The summed E-state index contributed by atoms with van der Waals surface area (Å²) in [5, 5.41) is 2.68. The maximum Gasteiger partial charge on any atom is 0.317 e. The zero-order valence-electron chi connectivity index (χ0n) is 13.7. The fourth-order valence-corrected chi connectivity index (χ4v) is 4.64. The van der Waals surface area contributed by atoms with E-state index in [1.165, 1.54) is 17.4 Å². The number of carbonyl (C=O) groups excluding carboxylic acids is 1. The monoisotopic (exact) mass is 336 g/mol. The van der Waals surface area contributed by atoms with Crippen molar-refractivity contribution < 1.29 is 13.2 Å². The van der Waals surface area contributed by atoms with E-state index in [1.54, 1.807) is 4.90 Å². The first-order valence-corrected chi connectivity index (χ1v) is 10.1. The second-order valence-corrected chi connectivity index (χ2v) is 9.12. The summed E-state index contributed by atoms with van der Waals surface area (Å²) >= 11 is 0. The molecule has 0 aromatic heterocycles. The minimum atomic E-state index is -3.08. The van der Waals surface area contributed by atoms with Crippen LogP contribution in [0.3, 0.4) is 0 Å². The van der Waals surface area contributed by atoms with E-state index < -0.39 is 15.1 Å². The Morgan fingerprint density at radius 1 is 1.17 bits per heavy atom. The van der Waals surface area contributed by atoms with E-state index in [4.69, 9.17) is 0 Å². The third kappa shape index (κ3) is 3.37. The second-order valence-electron chi connectivity index (χ2n) is 6.80. The molecule has 2 aliphatic rings. The molecule has 1 aliphatic carbocycles. The van der Waals surface area contributed by atoms with Crippen molar-refractivity contribution in [2.24, 2.45) is 0 Å². The smallest absolute Gasteiger partial charge is 0.317 e. The first-order valence-electron chi connectivity index (χ1n) is 8.19. The van der Waals surface area contributed by atoms with Crippen molar-refractivity contribution in [2.75, 3.05) is 19.3 Å². The Balaban J connectivity index is 1.69. The van der Waals surface area contributed by atoms with Gasteiger partial charge in [-0.15, -0.1) is 0 Å². The first kappa shape index (κ1) is 16.3. The summed E-state index contributed by atoms with van der Waals surface area (Å²) in [5.74, 6) is 0.515. The number of hydrogen-bond donors (Lipinski definition) is 1. The van der Waals surface area contributed by atoms with Crippen molar-refractivity contribution in [1.82, 2.24) is 10.2 Å². The van der Waals surface area contributed by atoms with Crippen LogP contribution >= 0.6 is 0 Å². The lowest BCUT2D eigenvalue weighted by Crippen LogP contribution is -2.42.